The highest BCUT2D eigenvalue weighted by molar-refractivity contribution is 6.13. The lowest BCUT2D eigenvalue weighted by Crippen LogP contribution is -2.16. The molecular formula is C13H15NO4. The first-order chi connectivity index (χ1) is 8.54. The van der Waals surface area contributed by atoms with Crippen LogP contribution in [0.25, 0.3) is 0 Å². The second kappa shape index (κ2) is 6.44. The van der Waals surface area contributed by atoms with Crippen molar-refractivity contribution in [1.29, 1.82) is 0 Å². The average Bonchev–Trinajstić information content (AvgIpc) is 2.31. The molecule has 1 aromatic carbocycles. The summed E-state index contributed by atoms with van der Waals surface area (Å²) in [7, 11) is 0. The number of nitrogens with one attached hydrogen (secondary N) is 1. The van der Waals surface area contributed by atoms with Crippen LogP contribution in [0.2, 0.25) is 0 Å². The summed E-state index contributed by atoms with van der Waals surface area (Å²) in [6.45, 7) is 3.69. The Bertz CT molecular complexity index is 462. The number of rotatable bonds is 5. The number of anilines is 1. The van der Waals surface area contributed by atoms with Crippen molar-refractivity contribution in [3.8, 4) is 0 Å². The summed E-state index contributed by atoms with van der Waals surface area (Å²) in [5, 5.41) is 11.6. The van der Waals surface area contributed by atoms with E-state index in [-0.39, 0.29) is 6.61 Å². The van der Waals surface area contributed by atoms with E-state index in [1.54, 1.807) is 19.1 Å². The van der Waals surface area contributed by atoms with E-state index >= 15 is 0 Å². The topological polar surface area (TPSA) is 75.6 Å². The van der Waals surface area contributed by atoms with Gasteiger partial charge in [-0.2, -0.15) is 0 Å². The molecule has 0 bridgehead atoms. The standard InChI is InChI=1S/C13H15NO4/c1-3-18-13(17)11(12(15)16)8-14-10-6-4-9(2)5-7-10/h4-8,14H,3H2,1-2H3,(H,15,16)/b11-8+. The van der Waals surface area contributed by atoms with Crippen molar-refractivity contribution in [3.63, 3.8) is 0 Å². The first-order valence-electron chi connectivity index (χ1n) is 5.48. The minimum absolute atomic E-state index is 0.133. The Morgan fingerprint density at radius 3 is 2.44 bits per heavy atom. The third-order valence-electron chi connectivity index (χ3n) is 2.16. The molecule has 0 saturated carbocycles. The van der Waals surface area contributed by atoms with Gasteiger partial charge in [-0.1, -0.05) is 17.7 Å². The van der Waals surface area contributed by atoms with Gasteiger partial charge >= 0.3 is 11.9 Å². The van der Waals surface area contributed by atoms with E-state index in [0.717, 1.165) is 11.8 Å². The summed E-state index contributed by atoms with van der Waals surface area (Å²) in [6, 6.07) is 7.33. The van der Waals surface area contributed by atoms with Crippen molar-refractivity contribution in [1.82, 2.24) is 0 Å². The number of esters is 1. The number of hydrogen-bond donors (Lipinski definition) is 2. The van der Waals surface area contributed by atoms with Crippen LogP contribution in [-0.2, 0) is 14.3 Å². The third kappa shape index (κ3) is 3.93. The fraction of sp³-hybridized carbons (Fsp3) is 0.231. The highest BCUT2D eigenvalue weighted by atomic mass is 16.5. The lowest BCUT2D eigenvalue weighted by Gasteiger charge is -2.04. The quantitative estimate of drug-likeness (QED) is 0.361. The van der Waals surface area contributed by atoms with Crippen LogP contribution in [0.1, 0.15) is 12.5 Å². The first-order valence-corrected chi connectivity index (χ1v) is 5.48. The smallest absolute Gasteiger partial charge is 0.347 e. The zero-order valence-corrected chi connectivity index (χ0v) is 10.3. The van der Waals surface area contributed by atoms with E-state index in [1.807, 2.05) is 19.1 Å². The molecule has 18 heavy (non-hydrogen) atoms. The number of aryl methyl sites for hydroxylation is 1. The molecule has 1 aromatic rings. The molecule has 5 heteroatoms. The van der Waals surface area contributed by atoms with Crippen molar-refractivity contribution in [2.24, 2.45) is 0 Å². The Hall–Kier alpha value is -2.30. The van der Waals surface area contributed by atoms with Crippen LogP contribution in [-0.4, -0.2) is 23.7 Å². The SMILES string of the molecule is CCOC(=O)/C(=C/Nc1ccc(C)cc1)C(=O)O. The lowest BCUT2D eigenvalue weighted by molar-refractivity contribution is -0.143. The normalized spacial score (nSPS) is 10.9. The van der Waals surface area contributed by atoms with Crippen LogP contribution in [0.3, 0.4) is 0 Å². The van der Waals surface area contributed by atoms with Crippen molar-refractivity contribution in [2.45, 2.75) is 13.8 Å². The molecule has 2 N–H and O–H groups in total. The van der Waals surface area contributed by atoms with E-state index in [9.17, 15) is 9.59 Å². The molecule has 1 rings (SSSR count). The van der Waals surface area contributed by atoms with E-state index in [2.05, 4.69) is 10.1 Å². The molecule has 0 heterocycles. The summed E-state index contributed by atoms with van der Waals surface area (Å²) >= 11 is 0. The molecule has 0 fully saturated rings. The minimum Gasteiger partial charge on any atom is -0.477 e. The molecule has 0 amide bonds. The van der Waals surface area contributed by atoms with Crippen molar-refractivity contribution in [2.75, 3.05) is 11.9 Å². The zero-order chi connectivity index (χ0) is 13.5. The Kier molecular flexibility index (Phi) is 4.92. The van der Waals surface area contributed by atoms with E-state index in [1.165, 1.54) is 0 Å². The number of carbonyl (C=O) groups excluding carboxylic acids is 1. The molecule has 0 unspecified atom stereocenters. The predicted molar refractivity (Wildman–Crippen MR) is 67.2 cm³/mol. The number of ether oxygens (including phenoxy) is 1. The maximum absolute atomic E-state index is 11.3. The van der Waals surface area contributed by atoms with Crippen LogP contribution in [0.5, 0.6) is 0 Å². The molecule has 0 saturated heterocycles. The number of carboxylic acids is 1. The van der Waals surface area contributed by atoms with Crippen molar-refractivity contribution >= 4 is 17.6 Å². The maximum atomic E-state index is 11.3. The molecule has 5 nitrogen and oxygen atoms in total. The summed E-state index contributed by atoms with van der Waals surface area (Å²) in [4.78, 5) is 22.2. The molecule has 0 spiro atoms. The Morgan fingerprint density at radius 2 is 1.94 bits per heavy atom. The molecular weight excluding hydrogens is 234 g/mol. The van der Waals surface area contributed by atoms with Crippen molar-refractivity contribution < 1.29 is 19.4 Å². The predicted octanol–water partition coefficient (Wildman–Crippen LogP) is 1.94. The molecule has 0 radical (unpaired) electrons. The third-order valence-corrected chi connectivity index (χ3v) is 2.16. The van der Waals surface area contributed by atoms with E-state index in [4.69, 9.17) is 5.11 Å². The van der Waals surface area contributed by atoms with Crippen molar-refractivity contribution in [3.05, 3.63) is 41.6 Å². The highest BCUT2D eigenvalue weighted by Crippen LogP contribution is 2.09. The largest absolute Gasteiger partial charge is 0.477 e. The van der Waals surface area contributed by atoms with E-state index in [0.29, 0.717) is 5.69 Å². The second-order valence-corrected chi connectivity index (χ2v) is 3.59. The van der Waals surface area contributed by atoms with Gasteiger partial charge in [-0.05, 0) is 26.0 Å². The fourth-order valence-electron chi connectivity index (χ4n) is 1.22. The molecule has 0 aliphatic carbocycles. The number of carbonyl (C=O) groups is 2. The maximum Gasteiger partial charge on any atom is 0.347 e. The van der Waals surface area contributed by atoms with Gasteiger partial charge in [0.05, 0.1) is 6.61 Å². The van der Waals surface area contributed by atoms with Crippen LogP contribution >= 0.6 is 0 Å². The second-order valence-electron chi connectivity index (χ2n) is 3.59. The summed E-state index contributed by atoms with van der Waals surface area (Å²) in [6.07, 6.45) is 1.13. The molecule has 0 aliphatic heterocycles. The molecule has 96 valence electrons. The summed E-state index contributed by atoms with van der Waals surface area (Å²) in [5.41, 5.74) is 1.36. The van der Waals surface area contributed by atoms with Crippen LogP contribution in [0.4, 0.5) is 5.69 Å². The number of benzene rings is 1. The molecule has 0 aliphatic rings. The van der Waals surface area contributed by atoms with Gasteiger partial charge in [-0.3, -0.25) is 0 Å². The van der Waals surface area contributed by atoms with E-state index < -0.39 is 17.5 Å². The Balaban J connectivity index is 2.80. The highest BCUT2D eigenvalue weighted by Gasteiger charge is 2.18. The Labute approximate surface area is 105 Å². The number of aliphatic carboxylic acids is 1. The van der Waals surface area contributed by atoms with Gasteiger partial charge in [0.15, 0.2) is 5.57 Å². The van der Waals surface area contributed by atoms with Gasteiger partial charge in [0.2, 0.25) is 0 Å². The first kappa shape index (κ1) is 13.8. The van der Waals surface area contributed by atoms with Gasteiger partial charge in [0.25, 0.3) is 0 Å². The van der Waals surface area contributed by atoms with Gasteiger partial charge in [-0.15, -0.1) is 0 Å². The molecule has 0 atom stereocenters. The van der Waals surface area contributed by atoms with Gasteiger partial charge in [0, 0.05) is 11.9 Å². The van der Waals surface area contributed by atoms with Gasteiger partial charge < -0.3 is 15.2 Å². The zero-order valence-electron chi connectivity index (χ0n) is 10.3. The van der Waals surface area contributed by atoms with Crippen LogP contribution in [0.15, 0.2) is 36.0 Å². The minimum atomic E-state index is -1.33. The van der Waals surface area contributed by atoms with Crippen LogP contribution < -0.4 is 5.32 Å². The van der Waals surface area contributed by atoms with Gasteiger partial charge in [-0.25, -0.2) is 9.59 Å². The fourth-order valence-corrected chi connectivity index (χ4v) is 1.22. The average molecular weight is 249 g/mol. The van der Waals surface area contributed by atoms with Gasteiger partial charge in [0.1, 0.15) is 0 Å². The number of carboxylic acid groups (broad SMARTS) is 1. The Morgan fingerprint density at radius 1 is 1.33 bits per heavy atom. The summed E-state index contributed by atoms with van der Waals surface area (Å²) < 4.78 is 4.64. The van der Waals surface area contributed by atoms with Crippen LogP contribution in [0, 0.1) is 6.92 Å². The summed E-state index contributed by atoms with van der Waals surface area (Å²) in [5.74, 6) is -2.18. The monoisotopic (exact) mass is 249 g/mol. The lowest BCUT2D eigenvalue weighted by atomic mass is 10.2. The molecule has 0 aromatic heterocycles. The number of hydrogen-bond acceptors (Lipinski definition) is 4.